The normalized spacial score (nSPS) is 21.2. The van der Waals surface area contributed by atoms with Gasteiger partial charge >= 0.3 is 0 Å². The fourth-order valence-corrected chi connectivity index (χ4v) is 3.23. The van der Waals surface area contributed by atoms with Gasteiger partial charge in [-0.3, -0.25) is 9.59 Å². The monoisotopic (exact) mass is 316 g/mol. The molecule has 0 spiro atoms. The number of likely N-dealkylation sites (tertiary alicyclic amines) is 2. The van der Waals surface area contributed by atoms with Gasteiger partial charge in [0.15, 0.2) is 4.83 Å². The van der Waals surface area contributed by atoms with Crippen molar-refractivity contribution in [1.82, 2.24) is 9.80 Å². The third-order valence-electron chi connectivity index (χ3n) is 3.77. The zero-order valence-corrected chi connectivity index (χ0v) is 12.3. The first-order valence-corrected chi connectivity index (χ1v) is 7.83. The van der Waals surface area contributed by atoms with E-state index in [9.17, 15) is 9.59 Å². The number of halogens is 1. The van der Waals surface area contributed by atoms with Crippen molar-refractivity contribution in [2.24, 2.45) is 0 Å². The summed E-state index contributed by atoms with van der Waals surface area (Å²) < 4.78 is 0. The molecule has 0 aliphatic carbocycles. The van der Waals surface area contributed by atoms with Crippen LogP contribution in [0.1, 0.15) is 38.5 Å². The second-order valence-corrected chi connectivity index (χ2v) is 6.05. The van der Waals surface area contributed by atoms with Crippen molar-refractivity contribution in [2.45, 2.75) is 43.4 Å². The van der Waals surface area contributed by atoms with Crippen LogP contribution in [0.15, 0.2) is 0 Å². The lowest BCUT2D eigenvalue weighted by molar-refractivity contribution is -0.140. The number of hydrogen-bond acceptors (Lipinski definition) is 2. The number of piperidine rings is 2. The molecule has 2 rings (SSSR count). The Balaban J connectivity index is 1.90. The third kappa shape index (κ3) is 3.25. The molecule has 0 unspecified atom stereocenters. The summed E-state index contributed by atoms with van der Waals surface area (Å²) in [6.07, 6.45) is 6.62. The SMILES string of the molecule is O=C(C(Br)C(=O)N1CCCCC1)N1CCCCC1. The summed E-state index contributed by atoms with van der Waals surface area (Å²) in [5.41, 5.74) is 0. The van der Waals surface area contributed by atoms with Crippen molar-refractivity contribution in [3.63, 3.8) is 0 Å². The second-order valence-electron chi connectivity index (χ2n) is 5.13. The molecule has 2 heterocycles. The molecule has 0 atom stereocenters. The van der Waals surface area contributed by atoms with Crippen LogP contribution in [0, 0.1) is 0 Å². The Hall–Kier alpha value is -0.580. The number of rotatable bonds is 2. The first-order chi connectivity index (χ1) is 8.70. The topological polar surface area (TPSA) is 40.6 Å². The zero-order chi connectivity index (χ0) is 13.0. The highest BCUT2D eigenvalue weighted by molar-refractivity contribution is 9.10. The van der Waals surface area contributed by atoms with E-state index in [0.29, 0.717) is 0 Å². The Morgan fingerprint density at radius 2 is 1.06 bits per heavy atom. The van der Waals surface area contributed by atoms with E-state index in [4.69, 9.17) is 0 Å². The first-order valence-electron chi connectivity index (χ1n) is 6.92. The second kappa shape index (κ2) is 6.55. The number of carbonyl (C=O) groups excluding carboxylic acids is 2. The number of amides is 2. The van der Waals surface area contributed by atoms with Crippen LogP contribution in [-0.4, -0.2) is 52.6 Å². The molecule has 2 aliphatic heterocycles. The molecule has 2 fully saturated rings. The van der Waals surface area contributed by atoms with E-state index in [-0.39, 0.29) is 11.8 Å². The highest BCUT2D eigenvalue weighted by atomic mass is 79.9. The Kier molecular flexibility index (Phi) is 5.03. The average Bonchev–Trinajstić information content (AvgIpc) is 2.47. The van der Waals surface area contributed by atoms with Gasteiger partial charge in [0, 0.05) is 26.2 Å². The molecule has 2 aliphatic rings. The van der Waals surface area contributed by atoms with Gasteiger partial charge in [0.05, 0.1) is 0 Å². The van der Waals surface area contributed by atoms with Crippen LogP contribution in [0.3, 0.4) is 0 Å². The van der Waals surface area contributed by atoms with Crippen molar-refractivity contribution < 1.29 is 9.59 Å². The van der Waals surface area contributed by atoms with Crippen LogP contribution in [0.5, 0.6) is 0 Å². The minimum Gasteiger partial charge on any atom is -0.341 e. The predicted octanol–water partition coefficient (Wildman–Crippen LogP) is 1.77. The largest absolute Gasteiger partial charge is 0.341 e. The van der Waals surface area contributed by atoms with E-state index in [0.717, 1.165) is 51.9 Å². The molecule has 0 aromatic rings. The van der Waals surface area contributed by atoms with Gasteiger partial charge in [-0.1, -0.05) is 15.9 Å². The lowest BCUT2D eigenvalue weighted by Crippen LogP contribution is -2.48. The predicted molar refractivity (Wildman–Crippen MR) is 73.6 cm³/mol. The molecular weight excluding hydrogens is 296 g/mol. The van der Waals surface area contributed by atoms with Gasteiger partial charge in [-0.2, -0.15) is 0 Å². The summed E-state index contributed by atoms with van der Waals surface area (Å²) in [7, 11) is 0. The van der Waals surface area contributed by atoms with Gasteiger partial charge in [0.1, 0.15) is 0 Å². The summed E-state index contributed by atoms with van der Waals surface area (Å²) in [6, 6.07) is 0. The first kappa shape index (κ1) is 13.8. The summed E-state index contributed by atoms with van der Waals surface area (Å²) in [5.74, 6) is -0.101. The molecule has 102 valence electrons. The highest BCUT2D eigenvalue weighted by Crippen LogP contribution is 2.17. The standard InChI is InChI=1S/C13H21BrN2O2/c14-11(12(17)15-7-3-1-4-8-15)13(18)16-9-5-2-6-10-16/h11H,1-10H2. The lowest BCUT2D eigenvalue weighted by Gasteiger charge is -2.32. The van der Waals surface area contributed by atoms with Gasteiger partial charge in [0.25, 0.3) is 0 Å². The number of nitrogens with zero attached hydrogens (tertiary/aromatic N) is 2. The van der Waals surface area contributed by atoms with Crippen molar-refractivity contribution in [2.75, 3.05) is 26.2 Å². The van der Waals surface area contributed by atoms with E-state index < -0.39 is 4.83 Å². The maximum Gasteiger partial charge on any atom is 0.245 e. The quantitative estimate of drug-likeness (QED) is 0.575. The maximum absolute atomic E-state index is 12.2. The fourth-order valence-electron chi connectivity index (χ4n) is 2.65. The number of alkyl halides is 1. The minimum atomic E-state index is -0.673. The van der Waals surface area contributed by atoms with E-state index in [1.54, 1.807) is 0 Å². The number of hydrogen-bond donors (Lipinski definition) is 0. The van der Waals surface area contributed by atoms with Crippen molar-refractivity contribution in [3.8, 4) is 0 Å². The molecule has 5 heteroatoms. The summed E-state index contributed by atoms with van der Waals surface area (Å²) in [5, 5.41) is 0. The summed E-state index contributed by atoms with van der Waals surface area (Å²) >= 11 is 3.30. The average molecular weight is 317 g/mol. The van der Waals surface area contributed by atoms with Gasteiger partial charge in [-0.15, -0.1) is 0 Å². The Morgan fingerprint density at radius 3 is 1.39 bits per heavy atom. The molecule has 0 N–H and O–H groups in total. The van der Waals surface area contributed by atoms with Gasteiger partial charge in [-0.05, 0) is 38.5 Å². The molecule has 2 saturated heterocycles. The maximum atomic E-state index is 12.2. The van der Waals surface area contributed by atoms with Crippen LogP contribution in [0.25, 0.3) is 0 Å². The van der Waals surface area contributed by atoms with E-state index in [1.807, 2.05) is 9.80 Å². The van der Waals surface area contributed by atoms with E-state index in [1.165, 1.54) is 12.8 Å². The molecule has 0 aromatic carbocycles. The molecule has 18 heavy (non-hydrogen) atoms. The molecule has 0 bridgehead atoms. The lowest BCUT2D eigenvalue weighted by atomic mass is 10.1. The molecule has 4 nitrogen and oxygen atoms in total. The van der Waals surface area contributed by atoms with Gasteiger partial charge in [-0.25, -0.2) is 0 Å². The Labute approximate surface area is 117 Å². The number of carbonyl (C=O) groups is 2. The van der Waals surface area contributed by atoms with Crippen LogP contribution in [0.4, 0.5) is 0 Å². The smallest absolute Gasteiger partial charge is 0.245 e. The van der Waals surface area contributed by atoms with Crippen LogP contribution in [-0.2, 0) is 9.59 Å². The molecule has 0 radical (unpaired) electrons. The summed E-state index contributed by atoms with van der Waals surface area (Å²) in [6.45, 7) is 3.20. The summed E-state index contributed by atoms with van der Waals surface area (Å²) in [4.78, 5) is 27.4. The van der Waals surface area contributed by atoms with E-state index >= 15 is 0 Å². The zero-order valence-electron chi connectivity index (χ0n) is 10.7. The fraction of sp³-hybridized carbons (Fsp3) is 0.846. The minimum absolute atomic E-state index is 0.0507. The Morgan fingerprint density at radius 1 is 0.722 bits per heavy atom. The van der Waals surface area contributed by atoms with Crippen molar-refractivity contribution in [3.05, 3.63) is 0 Å². The van der Waals surface area contributed by atoms with Crippen molar-refractivity contribution in [1.29, 1.82) is 0 Å². The van der Waals surface area contributed by atoms with Crippen LogP contribution in [0.2, 0.25) is 0 Å². The van der Waals surface area contributed by atoms with E-state index in [2.05, 4.69) is 15.9 Å². The van der Waals surface area contributed by atoms with Crippen LogP contribution < -0.4 is 0 Å². The molecule has 0 saturated carbocycles. The molecule has 0 aromatic heterocycles. The third-order valence-corrected chi connectivity index (χ3v) is 4.55. The van der Waals surface area contributed by atoms with Gasteiger partial charge in [0.2, 0.25) is 11.8 Å². The molecular formula is C13H21BrN2O2. The van der Waals surface area contributed by atoms with Gasteiger partial charge < -0.3 is 9.80 Å². The van der Waals surface area contributed by atoms with Crippen molar-refractivity contribution >= 4 is 27.7 Å². The highest BCUT2D eigenvalue weighted by Gasteiger charge is 2.32. The molecule has 2 amide bonds. The van der Waals surface area contributed by atoms with Crippen LogP contribution >= 0.6 is 15.9 Å². The Bertz CT molecular complexity index is 280.